The number of nitrogen functional groups attached to an aromatic ring is 1. The number of H-pyrrole nitrogens is 1. The van der Waals surface area contributed by atoms with Crippen LogP contribution in [0.2, 0.25) is 0 Å². The van der Waals surface area contributed by atoms with Gasteiger partial charge in [-0.25, -0.2) is 9.78 Å². The number of aromatic nitrogens is 2. The SMILES string of the molecule is COC(=O)c1cc(N)c2nc(C)[nH]c2c1. The molecule has 1 aromatic heterocycles. The molecular formula is C10H11N3O2. The number of aromatic amines is 1. The van der Waals surface area contributed by atoms with E-state index in [1.807, 2.05) is 6.92 Å². The molecule has 0 radical (unpaired) electrons. The molecule has 2 rings (SSSR count). The Morgan fingerprint density at radius 1 is 1.53 bits per heavy atom. The van der Waals surface area contributed by atoms with Crippen molar-refractivity contribution in [3.8, 4) is 0 Å². The molecule has 1 aromatic carbocycles. The second-order valence-corrected chi connectivity index (χ2v) is 3.28. The largest absolute Gasteiger partial charge is 0.465 e. The molecule has 0 fully saturated rings. The van der Waals surface area contributed by atoms with E-state index >= 15 is 0 Å². The zero-order valence-electron chi connectivity index (χ0n) is 8.50. The van der Waals surface area contributed by atoms with E-state index in [9.17, 15) is 4.79 Å². The Morgan fingerprint density at radius 3 is 2.93 bits per heavy atom. The third kappa shape index (κ3) is 1.52. The number of imidazole rings is 1. The summed E-state index contributed by atoms with van der Waals surface area (Å²) in [5, 5.41) is 0. The Balaban J connectivity index is 2.66. The second-order valence-electron chi connectivity index (χ2n) is 3.28. The topological polar surface area (TPSA) is 81.0 Å². The standard InChI is InChI=1S/C10H11N3O2/c1-5-12-8-4-6(10(14)15-2)3-7(11)9(8)13-5/h3-4H,11H2,1-2H3,(H,12,13). The highest BCUT2D eigenvalue weighted by Gasteiger charge is 2.11. The number of hydrogen-bond acceptors (Lipinski definition) is 4. The van der Waals surface area contributed by atoms with Gasteiger partial charge in [0.05, 0.1) is 23.9 Å². The number of benzene rings is 1. The summed E-state index contributed by atoms with van der Waals surface area (Å²) in [6.45, 7) is 1.83. The van der Waals surface area contributed by atoms with Crippen LogP contribution in [-0.2, 0) is 4.74 Å². The first-order chi connectivity index (χ1) is 7.11. The second kappa shape index (κ2) is 3.27. The van der Waals surface area contributed by atoms with Crippen LogP contribution in [0.3, 0.4) is 0 Å². The maximum Gasteiger partial charge on any atom is 0.338 e. The van der Waals surface area contributed by atoms with Crippen LogP contribution in [0.4, 0.5) is 5.69 Å². The van der Waals surface area contributed by atoms with Gasteiger partial charge in [0.2, 0.25) is 0 Å². The molecule has 1 heterocycles. The van der Waals surface area contributed by atoms with Crippen LogP contribution in [0, 0.1) is 6.92 Å². The first-order valence-electron chi connectivity index (χ1n) is 4.46. The summed E-state index contributed by atoms with van der Waals surface area (Å²) in [5.74, 6) is 0.356. The Labute approximate surface area is 86.3 Å². The van der Waals surface area contributed by atoms with Crippen molar-refractivity contribution in [1.82, 2.24) is 9.97 Å². The Morgan fingerprint density at radius 2 is 2.27 bits per heavy atom. The van der Waals surface area contributed by atoms with Gasteiger partial charge in [-0.1, -0.05) is 0 Å². The third-order valence-electron chi connectivity index (χ3n) is 2.16. The summed E-state index contributed by atoms with van der Waals surface area (Å²) < 4.78 is 4.62. The average molecular weight is 205 g/mol. The van der Waals surface area contributed by atoms with E-state index in [-0.39, 0.29) is 0 Å². The average Bonchev–Trinajstić information content (AvgIpc) is 2.58. The summed E-state index contributed by atoms with van der Waals surface area (Å²) in [4.78, 5) is 18.5. The molecule has 0 bridgehead atoms. The number of fused-ring (bicyclic) bond motifs is 1. The van der Waals surface area contributed by atoms with Crippen LogP contribution in [0.15, 0.2) is 12.1 Å². The van der Waals surface area contributed by atoms with E-state index < -0.39 is 5.97 Å². The zero-order chi connectivity index (χ0) is 11.0. The molecule has 5 nitrogen and oxygen atoms in total. The van der Waals surface area contributed by atoms with E-state index in [1.165, 1.54) is 7.11 Å². The highest BCUT2D eigenvalue weighted by Crippen LogP contribution is 2.21. The minimum atomic E-state index is -0.407. The van der Waals surface area contributed by atoms with E-state index in [1.54, 1.807) is 12.1 Å². The van der Waals surface area contributed by atoms with Crippen LogP contribution < -0.4 is 5.73 Å². The molecule has 5 heteroatoms. The number of carbonyl (C=O) groups is 1. The van der Waals surface area contributed by atoms with Crippen molar-refractivity contribution in [3.05, 3.63) is 23.5 Å². The van der Waals surface area contributed by atoms with Gasteiger partial charge in [0.15, 0.2) is 0 Å². The van der Waals surface area contributed by atoms with Gasteiger partial charge in [0, 0.05) is 0 Å². The van der Waals surface area contributed by atoms with Gasteiger partial charge < -0.3 is 15.5 Å². The fourth-order valence-electron chi connectivity index (χ4n) is 1.50. The van der Waals surface area contributed by atoms with Gasteiger partial charge in [0.1, 0.15) is 11.3 Å². The number of nitrogens with one attached hydrogen (secondary N) is 1. The minimum Gasteiger partial charge on any atom is -0.465 e. The van der Waals surface area contributed by atoms with Gasteiger partial charge in [0.25, 0.3) is 0 Å². The van der Waals surface area contributed by atoms with Gasteiger partial charge >= 0.3 is 5.97 Å². The fourth-order valence-corrected chi connectivity index (χ4v) is 1.50. The smallest absolute Gasteiger partial charge is 0.338 e. The van der Waals surface area contributed by atoms with Crippen LogP contribution in [0.25, 0.3) is 11.0 Å². The summed E-state index contributed by atoms with van der Waals surface area (Å²) in [7, 11) is 1.33. The summed E-state index contributed by atoms with van der Waals surface area (Å²) in [6.07, 6.45) is 0. The van der Waals surface area contributed by atoms with E-state index in [0.29, 0.717) is 16.8 Å². The molecule has 78 valence electrons. The molecule has 3 N–H and O–H groups in total. The molecule has 2 aromatic rings. The number of nitrogens with zero attached hydrogens (tertiary/aromatic N) is 1. The minimum absolute atomic E-state index is 0.407. The van der Waals surface area contributed by atoms with Crippen LogP contribution in [0.5, 0.6) is 0 Å². The number of esters is 1. The molecule has 15 heavy (non-hydrogen) atoms. The maximum atomic E-state index is 11.3. The summed E-state index contributed by atoms with van der Waals surface area (Å²) >= 11 is 0. The first-order valence-corrected chi connectivity index (χ1v) is 4.46. The fraction of sp³-hybridized carbons (Fsp3) is 0.200. The molecule has 0 aliphatic carbocycles. The number of hydrogen-bond donors (Lipinski definition) is 2. The highest BCUT2D eigenvalue weighted by molar-refractivity contribution is 5.98. The maximum absolute atomic E-state index is 11.3. The van der Waals surface area contributed by atoms with E-state index in [4.69, 9.17) is 5.73 Å². The van der Waals surface area contributed by atoms with Crippen LogP contribution >= 0.6 is 0 Å². The lowest BCUT2D eigenvalue weighted by atomic mass is 10.2. The number of carbonyl (C=O) groups excluding carboxylic acids is 1. The Kier molecular flexibility index (Phi) is 2.07. The van der Waals surface area contributed by atoms with Gasteiger partial charge in [-0.2, -0.15) is 0 Å². The van der Waals surface area contributed by atoms with Gasteiger partial charge in [-0.15, -0.1) is 0 Å². The molecule has 0 atom stereocenters. The normalized spacial score (nSPS) is 10.5. The van der Waals surface area contributed by atoms with Crippen molar-refractivity contribution in [2.24, 2.45) is 0 Å². The van der Waals surface area contributed by atoms with Crippen molar-refractivity contribution >= 4 is 22.7 Å². The monoisotopic (exact) mass is 205 g/mol. The Bertz CT molecular complexity index is 531. The third-order valence-corrected chi connectivity index (χ3v) is 2.16. The lowest BCUT2D eigenvalue weighted by Gasteiger charge is -2.01. The lowest BCUT2D eigenvalue weighted by molar-refractivity contribution is 0.0601. The molecule has 0 unspecified atom stereocenters. The van der Waals surface area contributed by atoms with E-state index in [0.717, 1.165) is 11.3 Å². The quantitative estimate of drug-likeness (QED) is 0.542. The van der Waals surface area contributed by atoms with Crippen molar-refractivity contribution in [2.45, 2.75) is 6.92 Å². The molecule has 0 saturated heterocycles. The molecule has 0 saturated carbocycles. The predicted octanol–water partition coefficient (Wildman–Crippen LogP) is 1.24. The number of aryl methyl sites for hydroxylation is 1. The summed E-state index contributed by atoms with van der Waals surface area (Å²) in [5.41, 5.74) is 8.09. The van der Waals surface area contributed by atoms with Crippen LogP contribution in [-0.4, -0.2) is 23.0 Å². The van der Waals surface area contributed by atoms with Gasteiger partial charge in [-0.3, -0.25) is 0 Å². The number of anilines is 1. The number of methoxy groups -OCH3 is 1. The number of ether oxygens (including phenoxy) is 1. The van der Waals surface area contributed by atoms with E-state index in [2.05, 4.69) is 14.7 Å². The van der Waals surface area contributed by atoms with Crippen LogP contribution in [0.1, 0.15) is 16.2 Å². The van der Waals surface area contributed by atoms with Crippen molar-refractivity contribution < 1.29 is 9.53 Å². The van der Waals surface area contributed by atoms with Crippen molar-refractivity contribution in [1.29, 1.82) is 0 Å². The lowest BCUT2D eigenvalue weighted by Crippen LogP contribution is -2.02. The number of nitrogens with two attached hydrogens (primary N) is 1. The Hall–Kier alpha value is -2.04. The molecule has 0 spiro atoms. The highest BCUT2D eigenvalue weighted by atomic mass is 16.5. The van der Waals surface area contributed by atoms with Gasteiger partial charge in [-0.05, 0) is 19.1 Å². The zero-order valence-corrected chi connectivity index (χ0v) is 8.50. The molecular weight excluding hydrogens is 194 g/mol. The first kappa shape index (κ1) is 9.51. The molecule has 0 aliphatic heterocycles. The summed E-state index contributed by atoms with van der Waals surface area (Å²) in [6, 6.07) is 3.24. The molecule has 0 aliphatic rings. The van der Waals surface area contributed by atoms with Crippen molar-refractivity contribution in [2.75, 3.05) is 12.8 Å². The predicted molar refractivity (Wildman–Crippen MR) is 56.6 cm³/mol. The molecule has 0 amide bonds. The van der Waals surface area contributed by atoms with Crippen molar-refractivity contribution in [3.63, 3.8) is 0 Å². The number of rotatable bonds is 1.